The molecule has 0 unspecified atom stereocenters. The summed E-state index contributed by atoms with van der Waals surface area (Å²) in [6.07, 6.45) is 4.75. The van der Waals surface area contributed by atoms with Crippen LogP contribution >= 0.6 is 0 Å². The van der Waals surface area contributed by atoms with Crippen molar-refractivity contribution >= 4 is 26.8 Å². The van der Waals surface area contributed by atoms with Gasteiger partial charge in [-0.05, 0) is 56.5 Å². The van der Waals surface area contributed by atoms with Gasteiger partial charge in [0.1, 0.15) is 6.04 Å². The summed E-state index contributed by atoms with van der Waals surface area (Å²) in [7, 11) is -3.48. The van der Waals surface area contributed by atoms with E-state index in [1.807, 2.05) is 54.9 Å². The minimum absolute atomic E-state index is 0.0805. The Labute approximate surface area is 183 Å². The van der Waals surface area contributed by atoms with Crippen molar-refractivity contribution in [1.29, 1.82) is 0 Å². The number of sulfonamides is 1. The largest absolute Gasteiger partial charge is 0.350 e. The van der Waals surface area contributed by atoms with E-state index in [1.54, 1.807) is 22.5 Å². The van der Waals surface area contributed by atoms with Gasteiger partial charge in [-0.2, -0.15) is 4.31 Å². The zero-order valence-corrected chi connectivity index (χ0v) is 18.9. The van der Waals surface area contributed by atoms with E-state index < -0.39 is 16.1 Å². The van der Waals surface area contributed by atoms with Crippen molar-refractivity contribution < 1.29 is 13.2 Å². The summed E-state index contributed by atoms with van der Waals surface area (Å²) in [6, 6.07) is 14.7. The summed E-state index contributed by atoms with van der Waals surface area (Å²) in [5.41, 5.74) is 3.08. The number of aryl methyl sites for hydroxylation is 1. The zero-order chi connectivity index (χ0) is 22.0. The molecule has 0 spiro atoms. The van der Waals surface area contributed by atoms with Gasteiger partial charge in [-0.3, -0.25) is 4.79 Å². The number of amides is 1. The van der Waals surface area contributed by atoms with Crippen molar-refractivity contribution in [2.45, 2.75) is 50.6 Å². The van der Waals surface area contributed by atoms with Gasteiger partial charge >= 0.3 is 0 Å². The van der Waals surface area contributed by atoms with Gasteiger partial charge in [-0.15, -0.1) is 0 Å². The second kappa shape index (κ2) is 8.85. The maximum atomic E-state index is 13.0. The average molecular weight is 440 g/mol. The quantitative estimate of drug-likeness (QED) is 0.631. The number of carbonyl (C=O) groups is 1. The predicted molar refractivity (Wildman–Crippen MR) is 122 cm³/mol. The minimum atomic E-state index is -3.48. The van der Waals surface area contributed by atoms with Gasteiger partial charge in [0.2, 0.25) is 15.9 Å². The number of aromatic nitrogens is 1. The fourth-order valence-corrected chi connectivity index (χ4v) is 5.62. The molecular weight excluding hydrogens is 410 g/mol. The van der Waals surface area contributed by atoms with Crippen molar-refractivity contribution in [2.75, 3.05) is 13.1 Å². The van der Waals surface area contributed by atoms with Crippen LogP contribution in [0.4, 0.5) is 0 Å². The number of rotatable bonds is 6. The molecule has 1 aromatic heterocycles. The van der Waals surface area contributed by atoms with Crippen LogP contribution < -0.4 is 5.32 Å². The molecule has 1 fully saturated rings. The van der Waals surface area contributed by atoms with Crippen molar-refractivity contribution in [3.05, 3.63) is 65.9 Å². The number of nitrogens with one attached hydrogen (secondary N) is 1. The molecule has 3 aromatic rings. The number of piperidine rings is 1. The second-order valence-electron chi connectivity index (χ2n) is 8.29. The summed E-state index contributed by atoms with van der Waals surface area (Å²) in [5.74, 6) is -0.0805. The van der Waals surface area contributed by atoms with Crippen LogP contribution in [0.5, 0.6) is 0 Å². The monoisotopic (exact) mass is 439 g/mol. The van der Waals surface area contributed by atoms with E-state index in [0.29, 0.717) is 24.5 Å². The van der Waals surface area contributed by atoms with Gasteiger partial charge in [0.15, 0.2) is 0 Å². The Kier molecular flexibility index (Phi) is 6.16. The first kappa shape index (κ1) is 21.6. The molecule has 164 valence electrons. The molecule has 4 rings (SSSR count). The molecule has 31 heavy (non-hydrogen) atoms. The SMILES string of the molecule is Cc1ccc(CNC(=O)[C@H](C)n2ccc3cc(S(=O)(=O)N4CCCCC4)ccc32)cc1. The van der Waals surface area contributed by atoms with Crippen LogP contribution in [0.1, 0.15) is 43.4 Å². The first-order chi connectivity index (χ1) is 14.9. The fourth-order valence-electron chi connectivity index (χ4n) is 4.06. The van der Waals surface area contributed by atoms with Gasteiger partial charge in [0.05, 0.1) is 4.90 Å². The topological polar surface area (TPSA) is 71.4 Å². The molecule has 0 bridgehead atoms. The minimum Gasteiger partial charge on any atom is -0.350 e. The number of nitrogens with zero attached hydrogens (tertiary/aromatic N) is 2. The fraction of sp³-hybridized carbons (Fsp3) is 0.375. The zero-order valence-electron chi connectivity index (χ0n) is 18.0. The first-order valence-corrected chi connectivity index (χ1v) is 12.2. The molecule has 1 N–H and O–H groups in total. The van der Waals surface area contributed by atoms with E-state index in [1.165, 1.54) is 5.56 Å². The van der Waals surface area contributed by atoms with E-state index in [-0.39, 0.29) is 5.91 Å². The maximum Gasteiger partial charge on any atom is 0.243 e. The van der Waals surface area contributed by atoms with Crippen LogP contribution in [0, 0.1) is 6.92 Å². The lowest BCUT2D eigenvalue weighted by molar-refractivity contribution is -0.123. The molecule has 1 atom stereocenters. The molecule has 1 aliphatic heterocycles. The number of fused-ring (bicyclic) bond motifs is 1. The number of hydrogen-bond acceptors (Lipinski definition) is 3. The highest BCUT2D eigenvalue weighted by Gasteiger charge is 2.26. The van der Waals surface area contributed by atoms with Crippen molar-refractivity contribution in [2.24, 2.45) is 0 Å². The molecule has 6 nitrogen and oxygen atoms in total. The lowest BCUT2D eigenvalue weighted by Gasteiger charge is -2.26. The Morgan fingerprint density at radius 3 is 2.45 bits per heavy atom. The molecule has 1 amide bonds. The predicted octanol–water partition coefficient (Wildman–Crippen LogP) is 4.00. The van der Waals surface area contributed by atoms with E-state index in [0.717, 1.165) is 35.7 Å². The van der Waals surface area contributed by atoms with Crippen LogP contribution in [-0.2, 0) is 21.4 Å². The smallest absolute Gasteiger partial charge is 0.243 e. The Bertz CT molecular complexity index is 1180. The van der Waals surface area contributed by atoms with Gasteiger partial charge in [0.25, 0.3) is 0 Å². The summed E-state index contributed by atoms with van der Waals surface area (Å²) < 4.78 is 29.4. The third kappa shape index (κ3) is 4.52. The first-order valence-electron chi connectivity index (χ1n) is 10.8. The number of hydrogen-bond donors (Lipinski definition) is 1. The number of carbonyl (C=O) groups excluding carboxylic acids is 1. The van der Waals surface area contributed by atoms with Gasteiger partial charge < -0.3 is 9.88 Å². The molecular formula is C24H29N3O3S. The summed E-state index contributed by atoms with van der Waals surface area (Å²) >= 11 is 0. The molecule has 1 aliphatic rings. The third-order valence-electron chi connectivity index (χ3n) is 6.03. The highest BCUT2D eigenvalue weighted by molar-refractivity contribution is 7.89. The molecule has 7 heteroatoms. The van der Waals surface area contributed by atoms with Crippen LogP contribution in [0.25, 0.3) is 10.9 Å². The molecule has 0 radical (unpaired) electrons. The van der Waals surface area contributed by atoms with E-state index >= 15 is 0 Å². The maximum absolute atomic E-state index is 13.0. The Morgan fingerprint density at radius 1 is 1.03 bits per heavy atom. The Hall–Kier alpha value is -2.64. The summed E-state index contributed by atoms with van der Waals surface area (Å²) in [4.78, 5) is 13.0. The Morgan fingerprint density at radius 2 is 1.74 bits per heavy atom. The molecule has 0 saturated carbocycles. The van der Waals surface area contributed by atoms with Crippen molar-refractivity contribution in [3.8, 4) is 0 Å². The molecule has 2 aromatic carbocycles. The highest BCUT2D eigenvalue weighted by Crippen LogP contribution is 2.26. The Balaban J connectivity index is 1.50. The third-order valence-corrected chi connectivity index (χ3v) is 7.92. The molecule has 0 aliphatic carbocycles. The standard InChI is InChI=1S/C24H29N3O3S/c1-18-6-8-20(9-7-18)17-25-24(28)19(2)27-15-12-21-16-22(10-11-23(21)27)31(29,30)26-13-4-3-5-14-26/h6-12,15-16,19H,3-5,13-14,17H2,1-2H3,(H,25,28)/t19-/m0/s1. The summed E-state index contributed by atoms with van der Waals surface area (Å²) in [6.45, 7) is 5.52. The molecule has 2 heterocycles. The normalized spacial score (nSPS) is 16.3. The van der Waals surface area contributed by atoms with Crippen LogP contribution in [-0.4, -0.2) is 36.3 Å². The lowest BCUT2D eigenvalue weighted by Crippen LogP contribution is -2.35. The summed E-state index contributed by atoms with van der Waals surface area (Å²) in [5, 5.41) is 3.80. The van der Waals surface area contributed by atoms with Crippen LogP contribution in [0.15, 0.2) is 59.6 Å². The average Bonchev–Trinajstić information content (AvgIpc) is 3.22. The van der Waals surface area contributed by atoms with Crippen LogP contribution in [0.2, 0.25) is 0 Å². The van der Waals surface area contributed by atoms with Crippen LogP contribution in [0.3, 0.4) is 0 Å². The molecule has 1 saturated heterocycles. The van der Waals surface area contributed by atoms with E-state index in [4.69, 9.17) is 0 Å². The van der Waals surface area contributed by atoms with Crippen molar-refractivity contribution in [3.63, 3.8) is 0 Å². The lowest BCUT2D eigenvalue weighted by atomic mass is 10.1. The van der Waals surface area contributed by atoms with E-state index in [2.05, 4.69) is 5.32 Å². The number of benzene rings is 2. The van der Waals surface area contributed by atoms with Gasteiger partial charge in [0, 0.05) is 36.7 Å². The van der Waals surface area contributed by atoms with Gasteiger partial charge in [-0.1, -0.05) is 36.2 Å². The highest BCUT2D eigenvalue weighted by atomic mass is 32.2. The van der Waals surface area contributed by atoms with Gasteiger partial charge in [-0.25, -0.2) is 8.42 Å². The van der Waals surface area contributed by atoms with E-state index in [9.17, 15) is 13.2 Å². The second-order valence-corrected chi connectivity index (χ2v) is 10.2. The van der Waals surface area contributed by atoms with Crippen molar-refractivity contribution in [1.82, 2.24) is 14.2 Å².